The summed E-state index contributed by atoms with van der Waals surface area (Å²) in [6.45, 7) is 2.23. The van der Waals surface area contributed by atoms with Crippen LogP contribution in [0.25, 0.3) is 0 Å². The smallest absolute Gasteiger partial charge is 0.243 e. The van der Waals surface area contributed by atoms with Crippen LogP contribution in [0.1, 0.15) is 12.0 Å². The van der Waals surface area contributed by atoms with E-state index in [1.165, 1.54) is 19.8 Å². The molecule has 23 heavy (non-hydrogen) atoms. The van der Waals surface area contributed by atoms with Crippen molar-refractivity contribution in [2.45, 2.75) is 19.9 Å². The molecule has 0 saturated carbocycles. The molecule has 8 heteroatoms. The number of hydrogen-bond acceptors (Lipinski definition) is 5. The Hall–Kier alpha value is -2.90. The summed E-state index contributed by atoms with van der Waals surface area (Å²) >= 11 is 0. The van der Waals surface area contributed by atoms with E-state index in [4.69, 9.17) is 4.74 Å². The molecule has 0 unspecified atom stereocenters. The number of rotatable bonds is 7. The number of hydrogen-bond donors (Lipinski definition) is 2. The number of anilines is 1. The van der Waals surface area contributed by atoms with E-state index < -0.39 is 0 Å². The second-order valence-corrected chi connectivity index (χ2v) is 4.94. The average molecular weight is 317 g/mol. The summed E-state index contributed by atoms with van der Waals surface area (Å²) in [4.78, 5) is 27.4. The van der Waals surface area contributed by atoms with Gasteiger partial charge in [-0.2, -0.15) is 5.10 Å². The number of carbonyl (C=O) groups is 2. The minimum atomic E-state index is -0.317. The Morgan fingerprint density at radius 3 is 2.83 bits per heavy atom. The molecule has 0 saturated heterocycles. The minimum Gasteiger partial charge on any atom is -0.495 e. The summed E-state index contributed by atoms with van der Waals surface area (Å²) in [6, 6.07) is 5.48. The molecule has 2 N–H and O–H groups in total. The van der Waals surface area contributed by atoms with Crippen LogP contribution in [0, 0.1) is 6.92 Å². The van der Waals surface area contributed by atoms with E-state index in [-0.39, 0.29) is 24.8 Å². The van der Waals surface area contributed by atoms with Gasteiger partial charge in [0.25, 0.3) is 0 Å². The molecule has 0 radical (unpaired) electrons. The zero-order chi connectivity index (χ0) is 16.7. The summed E-state index contributed by atoms with van der Waals surface area (Å²) < 4.78 is 6.74. The Bertz CT molecular complexity index is 670. The van der Waals surface area contributed by atoms with Crippen LogP contribution in [0.4, 0.5) is 5.69 Å². The van der Waals surface area contributed by atoms with E-state index in [9.17, 15) is 9.59 Å². The normalized spacial score (nSPS) is 10.2. The van der Waals surface area contributed by atoms with Crippen LogP contribution in [0.5, 0.6) is 5.75 Å². The molecule has 2 aromatic rings. The Morgan fingerprint density at radius 2 is 2.13 bits per heavy atom. The van der Waals surface area contributed by atoms with Crippen LogP contribution in [0.15, 0.2) is 30.9 Å². The molecule has 0 spiro atoms. The van der Waals surface area contributed by atoms with Crippen molar-refractivity contribution in [2.75, 3.05) is 19.0 Å². The van der Waals surface area contributed by atoms with Gasteiger partial charge in [0.05, 0.1) is 25.9 Å². The van der Waals surface area contributed by atoms with Crippen molar-refractivity contribution in [3.8, 4) is 5.75 Å². The fourth-order valence-corrected chi connectivity index (χ4v) is 1.95. The van der Waals surface area contributed by atoms with Gasteiger partial charge in [-0.1, -0.05) is 6.07 Å². The highest BCUT2D eigenvalue weighted by molar-refractivity contribution is 5.95. The number of aryl methyl sites for hydroxylation is 2. The van der Waals surface area contributed by atoms with Crippen molar-refractivity contribution >= 4 is 17.5 Å². The number of nitrogens with zero attached hydrogens (tertiary/aromatic N) is 3. The summed E-state index contributed by atoms with van der Waals surface area (Å²) in [7, 11) is 1.53. The molecule has 1 aromatic heterocycles. The lowest BCUT2D eigenvalue weighted by molar-refractivity contribution is -0.124. The molecule has 0 atom stereocenters. The fourth-order valence-electron chi connectivity index (χ4n) is 1.95. The van der Waals surface area contributed by atoms with E-state index in [2.05, 4.69) is 20.7 Å². The summed E-state index contributed by atoms with van der Waals surface area (Å²) in [5, 5.41) is 9.18. The largest absolute Gasteiger partial charge is 0.495 e. The first-order chi connectivity index (χ1) is 11.1. The van der Waals surface area contributed by atoms with Gasteiger partial charge in [0.1, 0.15) is 18.4 Å². The molecule has 122 valence electrons. The molecule has 2 rings (SSSR count). The predicted octanol–water partition coefficient (Wildman–Crippen LogP) is 0.740. The van der Waals surface area contributed by atoms with Gasteiger partial charge in [-0.05, 0) is 24.6 Å². The number of benzene rings is 1. The lowest BCUT2D eigenvalue weighted by Crippen LogP contribution is -2.33. The van der Waals surface area contributed by atoms with Gasteiger partial charge < -0.3 is 15.4 Å². The number of nitrogens with one attached hydrogen (secondary N) is 2. The van der Waals surface area contributed by atoms with E-state index in [1.807, 2.05) is 19.1 Å². The quantitative estimate of drug-likeness (QED) is 0.785. The maximum absolute atomic E-state index is 11.9. The number of carbonyl (C=O) groups excluding carboxylic acids is 2. The zero-order valence-electron chi connectivity index (χ0n) is 13.1. The second-order valence-electron chi connectivity index (χ2n) is 4.94. The van der Waals surface area contributed by atoms with Gasteiger partial charge >= 0.3 is 0 Å². The lowest BCUT2D eigenvalue weighted by Gasteiger charge is -2.11. The summed E-state index contributed by atoms with van der Waals surface area (Å²) in [5.41, 5.74) is 1.58. The van der Waals surface area contributed by atoms with Crippen LogP contribution in [-0.2, 0) is 16.1 Å². The first kappa shape index (κ1) is 16.5. The van der Waals surface area contributed by atoms with Gasteiger partial charge in [-0.3, -0.25) is 14.3 Å². The topological polar surface area (TPSA) is 98.1 Å². The molecule has 0 fully saturated rings. The first-order valence-corrected chi connectivity index (χ1v) is 7.12. The van der Waals surface area contributed by atoms with Crippen LogP contribution >= 0.6 is 0 Å². The van der Waals surface area contributed by atoms with Crippen molar-refractivity contribution < 1.29 is 14.3 Å². The Kier molecular flexibility index (Phi) is 5.67. The Morgan fingerprint density at radius 1 is 1.30 bits per heavy atom. The van der Waals surface area contributed by atoms with E-state index in [0.29, 0.717) is 18.0 Å². The van der Waals surface area contributed by atoms with Crippen molar-refractivity contribution in [3.63, 3.8) is 0 Å². The van der Waals surface area contributed by atoms with Crippen molar-refractivity contribution in [2.24, 2.45) is 0 Å². The fraction of sp³-hybridized carbons (Fsp3) is 0.333. The SMILES string of the molecule is COc1ccc(C)cc1NC(=O)CNC(=O)CCn1cncn1. The summed E-state index contributed by atoms with van der Waals surface area (Å²) in [6.07, 6.45) is 3.16. The lowest BCUT2D eigenvalue weighted by atomic mass is 10.2. The second kappa shape index (κ2) is 7.92. The minimum absolute atomic E-state index is 0.104. The third-order valence-corrected chi connectivity index (χ3v) is 3.11. The number of amides is 2. The molecular weight excluding hydrogens is 298 g/mol. The van der Waals surface area contributed by atoms with Crippen LogP contribution in [0.2, 0.25) is 0 Å². The highest BCUT2D eigenvalue weighted by atomic mass is 16.5. The van der Waals surface area contributed by atoms with Crippen molar-refractivity contribution in [1.29, 1.82) is 0 Å². The van der Waals surface area contributed by atoms with Crippen molar-refractivity contribution in [3.05, 3.63) is 36.4 Å². The molecule has 0 bridgehead atoms. The number of methoxy groups -OCH3 is 1. The summed E-state index contributed by atoms with van der Waals surface area (Å²) in [5.74, 6) is 0.0244. The zero-order valence-corrected chi connectivity index (χ0v) is 13.1. The molecule has 8 nitrogen and oxygen atoms in total. The van der Waals surface area contributed by atoms with Crippen LogP contribution in [-0.4, -0.2) is 40.2 Å². The number of aromatic nitrogens is 3. The van der Waals surface area contributed by atoms with Gasteiger partial charge in [0, 0.05) is 6.42 Å². The highest BCUT2D eigenvalue weighted by Gasteiger charge is 2.09. The average Bonchev–Trinajstić information content (AvgIpc) is 3.04. The number of ether oxygens (including phenoxy) is 1. The van der Waals surface area contributed by atoms with Gasteiger partial charge in [0.15, 0.2) is 0 Å². The predicted molar refractivity (Wildman–Crippen MR) is 84.0 cm³/mol. The monoisotopic (exact) mass is 317 g/mol. The molecule has 2 amide bonds. The van der Waals surface area contributed by atoms with Crippen LogP contribution in [0.3, 0.4) is 0 Å². The third-order valence-electron chi connectivity index (χ3n) is 3.11. The molecule has 0 aliphatic heterocycles. The van der Waals surface area contributed by atoms with Gasteiger partial charge in [-0.15, -0.1) is 0 Å². The molecule has 1 heterocycles. The maximum atomic E-state index is 11.9. The standard InChI is InChI=1S/C15H19N5O3/c1-11-3-4-13(23-2)12(7-11)19-15(22)8-17-14(21)5-6-20-10-16-9-18-20/h3-4,7,9-10H,5-6,8H2,1-2H3,(H,17,21)(H,19,22). The van der Waals surface area contributed by atoms with Gasteiger partial charge in [0.2, 0.25) is 11.8 Å². The van der Waals surface area contributed by atoms with Crippen molar-refractivity contribution in [1.82, 2.24) is 20.1 Å². The molecule has 1 aromatic carbocycles. The molecule has 0 aliphatic carbocycles. The van der Waals surface area contributed by atoms with E-state index in [1.54, 1.807) is 10.7 Å². The van der Waals surface area contributed by atoms with E-state index in [0.717, 1.165) is 5.56 Å². The first-order valence-electron chi connectivity index (χ1n) is 7.12. The Labute approximate surface area is 133 Å². The van der Waals surface area contributed by atoms with E-state index >= 15 is 0 Å². The highest BCUT2D eigenvalue weighted by Crippen LogP contribution is 2.24. The Balaban J connectivity index is 1.78. The van der Waals surface area contributed by atoms with Gasteiger partial charge in [-0.25, -0.2) is 4.98 Å². The maximum Gasteiger partial charge on any atom is 0.243 e. The van der Waals surface area contributed by atoms with Crippen LogP contribution < -0.4 is 15.4 Å². The molecule has 0 aliphatic rings. The third kappa shape index (κ3) is 5.10. The molecular formula is C15H19N5O3.